The number of nitrogens with zero attached hydrogens (tertiary/aromatic N) is 1. The largest absolute Gasteiger partial charge is 0.495 e. The Morgan fingerprint density at radius 2 is 1.95 bits per heavy atom. The van der Waals surface area contributed by atoms with Crippen LogP contribution in [0.3, 0.4) is 0 Å². The molecule has 0 unspecified atom stereocenters. The van der Waals surface area contributed by atoms with Crippen molar-refractivity contribution < 1.29 is 9.13 Å². The second kappa shape index (κ2) is 4.28. The first-order valence-corrected chi connectivity index (χ1v) is 5.75. The highest BCUT2D eigenvalue weighted by molar-refractivity contribution is 5.78. The van der Waals surface area contributed by atoms with E-state index in [4.69, 9.17) is 4.74 Å². The Morgan fingerprint density at radius 3 is 2.74 bits per heavy atom. The van der Waals surface area contributed by atoms with Gasteiger partial charge < -0.3 is 9.72 Å². The van der Waals surface area contributed by atoms with Gasteiger partial charge in [-0.3, -0.25) is 4.57 Å². The maximum Gasteiger partial charge on any atom is 0.331 e. The molecule has 0 amide bonds. The Kier molecular flexibility index (Phi) is 2.59. The molecular weight excluding hydrogens is 247 g/mol. The van der Waals surface area contributed by atoms with E-state index in [9.17, 15) is 9.18 Å². The third-order valence-corrected chi connectivity index (χ3v) is 2.98. The fourth-order valence-corrected chi connectivity index (χ4v) is 2.16. The fourth-order valence-electron chi connectivity index (χ4n) is 2.16. The van der Waals surface area contributed by atoms with Crippen molar-refractivity contribution in [2.75, 3.05) is 7.11 Å². The zero-order chi connectivity index (χ0) is 13.4. The Bertz CT molecular complexity index is 805. The van der Waals surface area contributed by atoms with Crippen LogP contribution in [0, 0.1) is 5.82 Å². The van der Waals surface area contributed by atoms with Crippen molar-refractivity contribution in [2.45, 2.75) is 0 Å². The van der Waals surface area contributed by atoms with E-state index in [0.29, 0.717) is 17.0 Å². The number of aromatic nitrogens is 2. The summed E-state index contributed by atoms with van der Waals surface area (Å²) >= 11 is 0. The summed E-state index contributed by atoms with van der Waals surface area (Å²) in [6.07, 6.45) is 0. The molecule has 96 valence electrons. The molecule has 0 radical (unpaired) electrons. The minimum absolute atomic E-state index is 0.219. The van der Waals surface area contributed by atoms with Gasteiger partial charge >= 0.3 is 5.69 Å². The average Bonchev–Trinajstić information content (AvgIpc) is 2.76. The molecule has 19 heavy (non-hydrogen) atoms. The normalized spacial score (nSPS) is 10.8. The molecule has 1 heterocycles. The first kappa shape index (κ1) is 11.5. The lowest BCUT2D eigenvalue weighted by molar-refractivity contribution is 0.413. The number of halogens is 1. The van der Waals surface area contributed by atoms with Crippen molar-refractivity contribution in [3.05, 3.63) is 58.8 Å². The number of hydrogen-bond donors (Lipinski definition) is 1. The molecule has 0 saturated heterocycles. The minimum Gasteiger partial charge on any atom is -0.495 e. The summed E-state index contributed by atoms with van der Waals surface area (Å²) in [5.41, 5.74) is 0.781. The Labute approximate surface area is 108 Å². The monoisotopic (exact) mass is 258 g/mol. The molecule has 2 aromatic carbocycles. The van der Waals surface area contributed by atoms with Crippen LogP contribution in [0.25, 0.3) is 16.7 Å². The third-order valence-electron chi connectivity index (χ3n) is 2.98. The third kappa shape index (κ3) is 1.71. The summed E-state index contributed by atoms with van der Waals surface area (Å²) in [7, 11) is 1.51. The topological polar surface area (TPSA) is 47.0 Å². The number of para-hydroxylation sites is 3. The molecule has 1 N–H and O–H groups in total. The summed E-state index contributed by atoms with van der Waals surface area (Å²) in [4.78, 5) is 14.7. The smallest absolute Gasteiger partial charge is 0.331 e. The Balaban J connectivity index is 2.43. The predicted octanol–water partition coefficient (Wildman–Crippen LogP) is 2.47. The first-order chi connectivity index (χ1) is 9.22. The zero-order valence-electron chi connectivity index (χ0n) is 10.2. The lowest BCUT2D eigenvalue weighted by atomic mass is 10.2. The van der Waals surface area contributed by atoms with Gasteiger partial charge in [0, 0.05) is 0 Å². The van der Waals surface area contributed by atoms with Crippen molar-refractivity contribution in [3.63, 3.8) is 0 Å². The van der Waals surface area contributed by atoms with Gasteiger partial charge in [0.25, 0.3) is 0 Å². The molecule has 0 spiro atoms. The molecule has 0 aliphatic carbocycles. The molecule has 0 aliphatic rings. The summed E-state index contributed by atoms with van der Waals surface area (Å²) in [5.74, 6) is 0.0514. The number of ether oxygens (including phenoxy) is 1. The van der Waals surface area contributed by atoms with E-state index in [1.54, 1.807) is 36.4 Å². The molecule has 5 heteroatoms. The number of H-pyrrole nitrogens is 1. The van der Waals surface area contributed by atoms with E-state index in [2.05, 4.69) is 4.98 Å². The summed E-state index contributed by atoms with van der Waals surface area (Å²) in [5, 5.41) is 0. The number of fused-ring (bicyclic) bond motifs is 1. The number of nitrogens with one attached hydrogen (secondary N) is 1. The number of aromatic amines is 1. The molecule has 1 aromatic heterocycles. The van der Waals surface area contributed by atoms with Gasteiger partial charge in [-0.05, 0) is 24.3 Å². The number of imidazole rings is 1. The number of methoxy groups -OCH3 is 1. The summed E-state index contributed by atoms with van der Waals surface area (Å²) in [6, 6.07) is 11.5. The van der Waals surface area contributed by atoms with Crippen molar-refractivity contribution in [2.24, 2.45) is 0 Å². The zero-order valence-corrected chi connectivity index (χ0v) is 10.2. The number of benzene rings is 2. The van der Waals surface area contributed by atoms with Gasteiger partial charge in [-0.25, -0.2) is 9.18 Å². The van der Waals surface area contributed by atoms with Gasteiger partial charge in [0.2, 0.25) is 0 Å². The van der Waals surface area contributed by atoms with Gasteiger partial charge in [-0.2, -0.15) is 0 Å². The highest BCUT2D eigenvalue weighted by atomic mass is 19.1. The van der Waals surface area contributed by atoms with Crippen LogP contribution in [0.2, 0.25) is 0 Å². The highest BCUT2D eigenvalue weighted by Crippen LogP contribution is 2.25. The Hall–Kier alpha value is -2.56. The molecule has 3 rings (SSSR count). The number of hydrogen-bond acceptors (Lipinski definition) is 2. The van der Waals surface area contributed by atoms with E-state index in [1.807, 2.05) is 0 Å². The average molecular weight is 258 g/mol. The number of rotatable bonds is 2. The van der Waals surface area contributed by atoms with E-state index >= 15 is 0 Å². The second-order valence-electron chi connectivity index (χ2n) is 4.07. The van der Waals surface area contributed by atoms with Crippen LogP contribution in [0.5, 0.6) is 5.75 Å². The van der Waals surface area contributed by atoms with E-state index in [1.165, 1.54) is 17.7 Å². The lowest BCUT2D eigenvalue weighted by Crippen LogP contribution is -2.15. The van der Waals surface area contributed by atoms with Crippen LogP contribution in [0.15, 0.2) is 47.3 Å². The van der Waals surface area contributed by atoms with Gasteiger partial charge in [-0.1, -0.05) is 18.2 Å². The van der Waals surface area contributed by atoms with Gasteiger partial charge in [0.1, 0.15) is 17.1 Å². The second-order valence-corrected chi connectivity index (χ2v) is 4.07. The molecule has 0 atom stereocenters. The molecule has 0 bridgehead atoms. The van der Waals surface area contributed by atoms with E-state index < -0.39 is 11.5 Å². The van der Waals surface area contributed by atoms with E-state index in [-0.39, 0.29) is 5.52 Å². The molecule has 4 nitrogen and oxygen atoms in total. The van der Waals surface area contributed by atoms with E-state index in [0.717, 1.165) is 0 Å². The summed E-state index contributed by atoms with van der Waals surface area (Å²) in [6.45, 7) is 0. The first-order valence-electron chi connectivity index (χ1n) is 5.75. The Morgan fingerprint density at radius 1 is 1.16 bits per heavy atom. The van der Waals surface area contributed by atoms with Crippen molar-refractivity contribution >= 4 is 11.0 Å². The highest BCUT2D eigenvalue weighted by Gasteiger charge is 2.15. The van der Waals surface area contributed by atoms with Gasteiger partial charge in [0.05, 0.1) is 18.3 Å². The summed E-state index contributed by atoms with van der Waals surface area (Å²) < 4.78 is 20.5. The maximum absolute atomic E-state index is 14.0. The molecule has 0 aliphatic heterocycles. The van der Waals surface area contributed by atoms with Crippen molar-refractivity contribution in [1.82, 2.24) is 9.55 Å². The van der Waals surface area contributed by atoms with Crippen LogP contribution < -0.4 is 10.4 Å². The van der Waals surface area contributed by atoms with Crippen molar-refractivity contribution in [1.29, 1.82) is 0 Å². The fraction of sp³-hybridized carbons (Fsp3) is 0.0714. The lowest BCUT2D eigenvalue weighted by Gasteiger charge is -2.09. The van der Waals surface area contributed by atoms with Crippen LogP contribution >= 0.6 is 0 Å². The molecule has 3 aromatic rings. The predicted molar refractivity (Wildman–Crippen MR) is 70.4 cm³/mol. The molecule has 0 fully saturated rings. The molecule has 0 saturated carbocycles. The van der Waals surface area contributed by atoms with Gasteiger partial charge in [0.15, 0.2) is 0 Å². The SMILES string of the molecule is COc1ccccc1-n1c(=O)[nH]c2cccc(F)c21. The maximum atomic E-state index is 14.0. The van der Waals surface area contributed by atoms with Crippen LogP contribution in [0.1, 0.15) is 0 Å². The quantitative estimate of drug-likeness (QED) is 0.767. The van der Waals surface area contributed by atoms with Gasteiger partial charge in [-0.15, -0.1) is 0 Å². The van der Waals surface area contributed by atoms with Crippen LogP contribution in [0.4, 0.5) is 4.39 Å². The van der Waals surface area contributed by atoms with Crippen molar-refractivity contribution in [3.8, 4) is 11.4 Å². The minimum atomic E-state index is -0.457. The van der Waals surface area contributed by atoms with Crippen LogP contribution in [-0.2, 0) is 0 Å². The molecular formula is C14H11FN2O2. The van der Waals surface area contributed by atoms with Crippen LogP contribution in [-0.4, -0.2) is 16.7 Å². The standard InChI is InChI=1S/C14H11FN2O2/c1-19-12-8-3-2-7-11(12)17-13-9(15)5-4-6-10(13)16-14(17)18/h2-8H,1H3,(H,16,18).